The van der Waals surface area contributed by atoms with Crippen molar-refractivity contribution < 1.29 is 13.5 Å². The fraction of sp³-hybridized carbons (Fsp3) is 0.263. The third-order valence-corrected chi connectivity index (χ3v) is 5.04. The van der Waals surface area contributed by atoms with E-state index in [1.165, 1.54) is 6.20 Å². The maximum atomic E-state index is 15.0. The smallest absolute Gasteiger partial charge is 0.333 e. The number of rotatable bonds is 0. The summed E-state index contributed by atoms with van der Waals surface area (Å²) in [4.78, 5) is 29.4. The molecule has 0 saturated heterocycles. The molecule has 0 amide bonds. The molecule has 0 aliphatic carbocycles. The largest absolute Gasteiger partial charge is 0.488 e. The third kappa shape index (κ3) is 2.63. The fourth-order valence-electron chi connectivity index (χ4n) is 3.63. The monoisotopic (exact) mass is 398 g/mol. The maximum absolute atomic E-state index is 15.0. The Morgan fingerprint density at radius 2 is 2.10 bits per heavy atom. The number of aromatic amines is 1. The van der Waals surface area contributed by atoms with Gasteiger partial charge in [0, 0.05) is 38.3 Å². The van der Waals surface area contributed by atoms with E-state index in [2.05, 4.69) is 19.9 Å². The lowest BCUT2D eigenvalue weighted by atomic mass is 10.2. The molecule has 1 aliphatic heterocycles. The number of H-pyrrole nitrogens is 1. The Kier molecular flexibility index (Phi) is 3.76. The highest BCUT2D eigenvalue weighted by molar-refractivity contribution is 5.89. The molecule has 0 saturated carbocycles. The highest BCUT2D eigenvalue weighted by atomic mass is 19.1. The van der Waals surface area contributed by atoms with Gasteiger partial charge in [0.25, 0.3) is 0 Å². The summed E-state index contributed by atoms with van der Waals surface area (Å²) in [7, 11) is 1.72. The van der Waals surface area contributed by atoms with Gasteiger partial charge in [-0.15, -0.1) is 0 Å². The summed E-state index contributed by atoms with van der Waals surface area (Å²) in [5.74, 6) is -1.25. The number of ether oxygens (including phenoxy) is 1. The summed E-state index contributed by atoms with van der Waals surface area (Å²) in [5, 5.41) is 0. The number of aromatic nitrogens is 5. The molecule has 1 aliphatic rings. The van der Waals surface area contributed by atoms with Crippen LogP contribution in [-0.2, 0) is 0 Å². The zero-order valence-electron chi connectivity index (χ0n) is 15.6. The van der Waals surface area contributed by atoms with Crippen molar-refractivity contribution in [1.29, 1.82) is 0 Å². The normalized spacial score (nSPS) is 16.7. The molecule has 4 aromatic heterocycles. The van der Waals surface area contributed by atoms with E-state index in [0.29, 0.717) is 18.7 Å². The lowest BCUT2D eigenvalue weighted by Crippen LogP contribution is -2.27. The molecule has 1 N–H and O–H groups in total. The Morgan fingerprint density at radius 1 is 1.28 bits per heavy atom. The topological polar surface area (TPSA) is 88.9 Å². The van der Waals surface area contributed by atoms with Crippen LogP contribution in [0, 0.1) is 11.6 Å². The van der Waals surface area contributed by atoms with E-state index in [4.69, 9.17) is 4.74 Å². The van der Waals surface area contributed by atoms with E-state index in [1.54, 1.807) is 18.0 Å². The molecule has 4 aromatic rings. The second-order valence-electron chi connectivity index (χ2n) is 7.03. The van der Waals surface area contributed by atoms with Crippen LogP contribution in [0.25, 0.3) is 28.0 Å². The molecule has 29 heavy (non-hydrogen) atoms. The molecule has 1 atom stereocenters. The zero-order valence-corrected chi connectivity index (χ0v) is 15.6. The van der Waals surface area contributed by atoms with E-state index < -0.39 is 17.3 Å². The summed E-state index contributed by atoms with van der Waals surface area (Å²) in [6.07, 6.45) is 2.87. The molecule has 0 aromatic carbocycles. The molecule has 0 spiro atoms. The second kappa shape index (κ2) is 6.23. The number of nitrogens with zero attached hydrogens (tertiary/aromatic N) is 5. The van der Waals surface area contributed by atoms with Crippen LogP contribution >= 0.6 is 0 Å². The van der Waals surface area contributed by atoms with Gasteiger partial charge in [0.2, 0.25) is 0 Å². The first-order valence-corrected chi connectivity index (χ1v) is 9.06. The summed E-state index contributed by atoms with van der Waals surface area (Å²) in [5.41, 5.74) is 0.447. The van der Waals surface area contributed by atoms with Crippen molar-refractivity contribution in [1.82, 2.24) is 24.5 Å². The van der Waals surface area contributed by atoms with Crippen LogP contribution in [0.1, 0.15) is 13.3 Å². The standard InChI is InChI=1S/C19H16F2N6O2/c1-9-4-6-26(2)15-11(21)8-23-12-7-10(20)18(24-14(12)15)27-16-13(29-9)3-5-22-17(16)25-19(27)28/h3,5,7-9H,4,6H2,1-2H3,(H,22,25,28). The predicted octanol–water partition coefficient (Wildman–Crippen LogP) is 2.54. The van der Waals surface area contributed by atoms with Gasteiger partial charge < -0.3 is 9.64 Å². The van der Waals surface area contributed by atoms with Crippen molar-refractivity contribution in [3.05, 3.63) is 46.6 Å². The van der Waals surface area contributed by atoms with Gasteiger partial charge in [-0.2, -0.15) is 0 Å². The van der Waals surface area contributed by atoms with E-state index in [-0.39, 0.29) is 39.8 Å². The van der Waals surface area contributed by atoms with Gasteiger partial charge in [-0.3, -0.25) is 9.97 Å². The van der Waals surface area contributed by atoms with Crippen LogP contribution in [0.4, 0.5) is 14.5 Å². The lowest BCUT2D eigenvalue weighted by Gasteiger charge is -2.24. The van der Waals surface area contributed by atoms with Crippen LogP contribution in [0.2, 0.25) is 0 Å². The van der Waals surface area contributed by atoms with Crippen LogP contribution < -0.4 is 15.3 Å². The van der Waals surface area contributed by atoms with Gasteiger partial charge >= 0.3 is 5.69 Å². The average Bonchev–Trinajstić information content (AvgIpc) is 3.02. The van der Waals surface area contributed by atoms with E-state index >= 15 is 0 Å². The van der Waals surface area contributed by atoms with Crippen molar-refractivity contribution in [2.24, 2.45) is 0 Å². The molecule has 10 heteroatoms. The molecule has 2 bridgehead atoms. The third-order valence-electron chi connectivity index (χ3n) is 5.04. The van der Waals surface area contributed by atoms with E-state index in [1.807, 2.05) is 6.92 Å². The van der Waals surface area contributed by atoms with Crippen LogP contribution in [-0.4, -0.2) is 44.2 Å². The molecular weight excluding hydrogens is 382 g/mol. The Hall–Kier alpha value is -3.56. The highest BCUT2D eigenvalue weighted by Crippen LogP contribution is 2.32. The zero-order chi connectivity index (χ0) is 20.3. The first-order valence-electron chi connectivity index (χ1n) is 9.06. The lowest BCUT2D eigenvalue weighted by molar-refractivity contribution is 0.215. The molecular formula is C19H16F2N6O2. The average molecular weight is 398 g/mol. The van der Waals surface area contributed by atoms with Crippen molar-refractivity contribution in [3.63, 3.8) is 0 Å². The van der Waals surface area contributed by atoms with Crippen LogP contribution in [0.5, 0.6) is 5.75 Å². The van der Waals surface area contributed by atoms with Gasteiger partial charge in [0.1, 0.15) is 22.5 Å². The van der Waals surface area contributed by atoms with Crippen LogP contribution in [0.15, 0.2) is 29.3 Å². The molecule has 5 rings (SSSR count). The number of hydrogen-bond donors (Lipinski definition) is 1. The summed E-state index contributed by atoms with van der Waals surface area (Å²) >= 11 is 0. The van der Waals surface area contributed by atoms with Crippen molar-refractivity contribution >= 4 is 27.9 Å². The Morgan fingerprint density at radius 3 is 2.93 bits per heavy atom. The van der Waals surface area contributed by atoms with E-state index in [9.17, 15) is 13.6 Å². The van der Waals surface area contributed by atoms with Crippen molar-refractivity contribution in [3.8, 4) is 11.6 Å². The molecule has 1 unspecified atom stereocenters. The number of nitrogens with one attached hydrogen (secondary N) is 1. The maximum Gasteiger partial charge on any atom is 0.333 e. The Labute approximate surface area is 162 Å². The number of hydrogen-bond acceptors (Lipinski definition) is 6. The molecule has 0 fully saturated rings. The first-order chi connectivity index (χ1) is 13.9. The number of fused-ring (bicyclic) bond motifs is 2. The van der Waals surface area contributed by atoms with Crippen LogP contribution in [0.3, 0.4) is 0 Å². The summed E-state index contributed by atoms with van der Waals surface area (Å²) in [6, 6.07) is 2.76. The summed E-state index contributed by atoms with van der Waals surface area (Å²) < 4.78 is 36.7. The minimum Gasteiger partial charge on any atom is -0.488 e. The quantitative estimate of drug-likeness (QED) is 0.490. The number of halogens is 2. The van der Waals surface area contributed by atoms with E-state index in [0.717, 1.165) is 16.8 Å². The van der Waals surface area contributed by atoms with Gasteiger partial charge in [0.05, 0.1) is 17.8 Å². The van der Waals surface area contributed by atoms with Gasteiger partial charge in [-0.25, -0.2) is 28.1 Å². The number of imidazole rings is 1. The van der Waals surface area contributed by atoms with Gasteiger partial charge in [-0.1, -0.05) is 0 Å². The van der Waals surface area contributed by atoms with Crippen molar-refractivity contribution in [2.45, 2.75) is 19.4 Å². The Bertz CT molecular complexity index is 1330. The minimum absolute atomic E-state index is 0.171. The molecule has 0 radical (unpaired) electrons. The number of anilines is 1. The van der Waals surface area contributed by atoms with Crippen molar-refractivity contribution in [2.75, 3.05) is 18.5 Å². The minimum atomic E-state index is -0.770. The SMILES string of the molecule is CC1CCN(C)c2c(F)cnc3cc(F)c(nc23)-n2c(=O)[nH]c3nccc(c32)O1. The second-order valence-corrected chi connectivity index (χ2v) is 7.03. The summed E-state index contributed by atoms with van der Waals surface area (Å²) in [6.45, 7) is 2.34. The molecule has 148 valence electrons. The van der Waals surface area contributed by atoms with Gasteiger partial charge in [0.15, 0.2) is 23.1 Å². The Balaban J connectivity index is 1.94. The fourth-order valence-corrected chi connectivity index (χ4v) is 3.63. The highest BCUT2D eigenvalue weighted by Gasteiger charge is 2.24. The number of pyridine rings is 3. The molecule has 5 heterocycles. The van der Waals surface area contributed by atoms with Gasteiger partial charge in [-0.05, 0) is 6.92 Å². The molecule has 8 nitrogen and oxygen atoms in total. The predicted molar refractivity (Wildman–Crippen MR) is 103 cm³/mol. The first kappa shape index (κ1) is 17.5.